The fourth-order valence-electron chi connectivity index (χ4n) is 3.29. The number of ketones is 1. The summed E-state index contributed by atoms with van der Waals surface area (Å²) in [5.74, 6) is 1.33. The Kier molecular flexibility index (Phi) is 5.78. The number of anilines is 1. The van der Waals surface area contributed by atoms with E-state index in [1.807, 2.05) is 0 Å². The standard InChI is InChI=1S/C21H26N2O3/c1-16-5-4-6-18(13-16)23-11-9-22(10-12-23)15-19(24)17-7-8-20(25-2)21(14-17)26-3/h4-8,13-14H,9-12,15H2,1-3H3. The largest absolute Gasteiger partial charge is 0.493 e. The molecule has 1 heterocycles. The van der Waals surface area contributed by atoms with Gasteiger partial charge in [-0.2, -0.15) is 0 Å². The number of nitrogens with zero attached hydrogens (tertiary/aromatic N) is 2. The van der Waals surface area contributed by atoms with Gasteiger partial charge in [0.2, 0.25) is 0 Å². The maximum atomic E-state index is 12.6. The van der Waals surface area contributed by atoms with Gasteiger partial charge in [-0.3, -0.25) is 9.69 Å². The first-order valence-electron chi connectivity index (χ1n) is 8.90. The van der Waals surface area contributed by atoms with Crippen molar-refractivity contribution in [2.75, 3.05) is 51.8 Å². The second-order valence-corrected chi connectivity index (χ2v) is 6.60. The lowest BCUT2D eigenvalue weighted by Gasteiger charge is -2.35. The van der Waals surface area contributed by atoms with E-state index in [9.17, 15) is 4.79 Å². The molecular formula is C21H26N2O3. The quantitative estimate of drug-likeness (QED) is 0.746. The van der Waals surface area contributed by atoms with Crippen molar-refractivity contribution in [3.63, 3.8) is 0 Å². The van der Waals surface area contributed by atoms with Crippen LogP contribution in [0.5, 0.6) is 11.5 Å². The van der Waals surface area contributed by atoms with E-state index in [1.54, 1.807) is 32.4 Å². The van der Waals surface area contributed by atoms with Gasteiger partial charge in [0.25, 0.3) is 0 Å². The summed E-state index contributed by atoms with van der Waals surface area (Å²) >= 11 is 0. The van der Waals surface area contributed by atoms with Crippen LogP contribution in [0.2, 0.25) is 0 Å². The Bertz CT molecular complexity index is 768. The van der Waals surface area contributed by atoms with Crippen molar-refractivity contribution in [2.45, 2.75) is 6.92 Å². The lowest BCUT2D eigenvalue weighted by Crippen LogP contribution is -2.48. The summed E-state index contributed by atoms with van der Waals surface area (Å²) in [7, 11) is 3.17. The molecule has 0 amide bonds. The van der Waals surface area contributed by atoms with Crippen LogP contribution >= 0.6 is 0 Å². The van der Waals surface area contributed by atoms with Gasteiger partial charge in [0.15, 0.2) is 17.3 Å². The van der Waals surface area contributed by atoms with Crippen LogP contribution in [-0.4, -0.2) is 57.6 Å². The molecule has 5 nitrogen and oxygen atoms in total. The van der Waals surface area contributed by atoms with Crippen LogP contribution < -0.4 is 14.4 Å². The van der Waals surface area contributed by atoms with Gasteiger partial charge in [-0.25, -0.2) is 0 Å². The molecule has 0 N–H and O–H groups in total. The summed E-state index contributed by atoms with van der Waals surface area (Å²) < 4.78 is 10.5. The maximum absolute atomic E-state index is 12.6. The molecule has 1 aliphatic rings. The Hall–Kier alpha value is -2.53. The molecule has 1 saturated heterocycles. The van der Waals surface area contributed by atoms with Crippen molar-refractivity contribution in [3.05, 3.63) is 53.6 Å². The zero-order valence-corrected chi connectivity index (χ0v) is 15.7. The molecule has 5 heteroatoms. The zero-order valence-electron chi connectivity index (χ0n) is 15.7. The molecule has 0 atom stereocenters. The Morgan fingerprint density at radius 2 is 1.69 bits per heavy atom. The molecule has 26 heavy (non-hydrogen) atoms. The van der Waals surface area contributed by atoms with E-state index < -0.39 is 0 Å². The Labute approximate surface area is 155 Å². The normalized spacial score (nSPS) is 15.0. The first-order chi connectivity index (χ1) is 12.6. The molecule has 0 radical (unpaired) electrons. The summed E-state index contributed by atoms with van der Waals surface area (Å²) in [5.41, 5.74) is 3.19. The molecular weight excluding hydrogens is 328 g/mol. The predicted molar refractivity (Wildman–Crippen MR) is 104 cm³/mol. The van der Waals surface area contributed by atoms with Crippen molar-refractivity contribution in [2.24, 2.45) is 0 Å². The third-order valence-corrected chi connectivity index (χ3v) is 4.81. The fraction of sp³-hybridized carbons (Fsp3) is 0.381. The van der Waals surface area contributed by atoms with Crippen LogP contribution in [0, 0.1) is 6.92 Å². The maximum Gasteiger partial charge on any atom is 0.176 e. The highest BCUT2D eigenvalue weighted by Gasteiger charge is 2.20. The number of methoxy groups -OCH3 is 2. The summed E-state index contributed by atoms with van der Waals surface area (Å²) in [5, 5.41) is 0. The molecule has 138 valence electrons. The van der Waals surface area contributed by atoms with Crippen molar-refractivity contribution < 1.29 is 14.3 Å². The van der Waals surface area contributed by atoms with Gasteiger partial charge in [-0.15, -0.1) is 0 Å². The third-order valence-electron chi connectivity index (χ3n) is 4.81. The Morgan fingerprint density at radius 3 is 2.35 bits per heavy atom. The molecule has 1 fully saturated rings. The molecule has 0 spiro atoms. The van der Waals surface area contributed by atoms with E-state index >= 15 is 0 Å². The van der Waals surface area contributed by atoms with E-state index in [1.165, 1.54) is 11.3 Å². The average Bonchev–Trinajstić information content (AvgIpc) is 2.68. The van der Waals surface area contributed by atoms with Gasteiger partial charge < -0.3 is 14.4 Å². The topological polar surface area (TPSA) is 42.0 Å². The van der Waals surface area contributed by atoms with E-state index in [-0.39, 0.29) is 5.78 Å². The van der Waals surface area contributed by atoms with Crippen molar-refractivity contribution in [1.82, 2.24) is 4.90 Å². The number of aryl methyl sites for hydroxylation is 1. The second-order valence-electron chi connectivity index (χ2n) is 6.60. The zero-order chi connectivity index (χ0) is 18.5. The number of rotatable bonds is 6. The number of hydrogen-bond donors (Lipinski definition) is 0. The average molecular weight is 354 g/mol. The van der Waals surface area contributed by atoms with E-state index in [4.69, 9.17) is 9.47 Å². The van der Waals surface area contributed by atoms with Gasteiger partial charge in [-0.05, 0) is 42.8 Å². The van der Waals surface area contributed by atoms with Crippen molar-refractivity contribution in [3.8, 4) is 11.5 Å². The molecule has 0 aromatic heterocycles. The van der Waals surface area contributed by atoms with Crippen molar-refractivity contribution in [1.29, 1.82) is 0 Å². The SMILES string of the molecule is COc1ccc(C(=O)CN2CCN(c3cccc(C)c3)CC2)cc1OC. The molecule has 3 rings (SSSR count). The summed E-state index contributed by atoms with van der Waals surface area (Å²) in [6.45, 7) is 6.17. The molecule has 1 aliphatic heterocycles. The van der Waals surface area contributed by atoms with E-state index in [0.29, 0.717) is 23.6 Å². The highest BCUT2D eigenvalue weighted by Crippen LogP contribution is 2.28. The van der Waals surface area contributed by atoms with Crippen LogP contribution in [-0.2, 0) is 0 Å². The van der Waals surface area contributed by atoms with Gasteiger partial charge in [0.1, 0.15) is 0 Å². The molecule has 0 bridgehead atoms. The van der Waals surface area contributed by atoms with E-state index in [2.05, 4.69) is 41.0 Å². The molecule has 0 aliphatic carbocycles. The van der Waals surface area contributed by atoms with Crippen LogP contribution in [0.15, 0.2) is 42.5 Å². The van der Waals surface area contributed by atoms with Crippen LogP contribution in [0.3, 0.4) is 0 Å². The van der Waals surface area contributed by atoms with Gasteiger partial charge in [0, 0.05) is 37.4 Å². The van der Waals surface area contributed by atoms with Crippen molar-refractivity contribution >= 4 is 11.5 Å². The van der Waals surface area contributed by atoms with Gasteiger partial charge >= 0.3 is 0 Å². The first-order valence-corrected chi connectivity index (χ1v) is 8.90. The molecule has 0 unspecified atom stereocenters. The minimum absolute atomic E-state index is 0.106. The number of carbonyl (C=O) groups excluding carboxylic acids is 1. The number of benzene rings is 2. The first kappa shape index (κ1) is 18.3. The smallest absolute Gasteiger partial charge is 0.176 e. The summed E-state index contributed by atoms with van der Waals surface area (Å²) in [6, 6.07) is 13.9. The van der Waals surface area contributed by atoms with Crippen LogP contribution in [0.4, 0.5) is 5.69 Å². The minimum Gasteiger partial charge on any atom is -0.493 e. The third kappa shape index (κ3) is 4.17. The molecule has 0 saturated carbocycles. The van der Waals surface area contributed by atoms with Gasteiger partial charge in [0.05, 0.1) is 20.8 Å². The van der Waals surface area contributed by atoms with E-state index in [0.717, 1.165) is 26.2 Å². The number of hydrogen-bond acceptors (Lipinski definition) is 5. The monoisotopic (exact) mass is 354 g/mol. The Morgan fingerprint density at radius 1 is 0.962 bits per heavy atom. The minimum atomic E-state index is 0.106. The predicted octanol–water partition coefficient (Wildman–Crippen LogP) is 3.02. The van der Waals surface area contributed by atoms with Crippen LogP contribution in [0.1, 0.15) is 15.9 Å². The summed E-state index contributed by atoms with van der Waals surface area (Å²) in [6.07, 6.45) is 0. The number of piperazine rings is 1. The molecule has 2 aromatic rings. The highest BCUT2D eigenvalue weighted by molar-refractivity contribution is 5.98. The van der Waals surface area contributed by atoms with Crippen LogP contribution in [0.25, 0.3) is 0 Å². The number of carbonyl (C=O) groups is 1. The lowest BCUT2D eigenvalue weighted by atomic mass is 10.1. The molecule has 2 aromatic carbocycles. The van der Waals surface area contributed by atoms with Gasteiger partial charge in [-0.1, -0.05) is 12.1 Å². The fourth-order valence-corrected chi connectivity index (χ4v) is 3.29. The number of Topliss-reactive ketones (excluding diaryl/α,β-unsaturated/α-hetero) is 1. The second kappa shape index (κ2) is 8.23. The summed E-state index contributed by atoms with van der Waals surface area (Å²) in [4.78, 5) is 17.2. The highest BCUT2D eigenvalue weighted by atomic mass is 16.5. The lowest BCUT2D eigenvalue weighted by molar-refractivity contribution is 0.0926. The number of ether oxygens (including phenoxy) is 2. The Balaban J connectivity index is 1.58.